The maximum atomic E-state index is 12.3. The lowest BCUT2D eigenvalue weighted by atomic mass is 10.0. The van der Waals surface area contributed by atoms with Crippen LogP contribution in [0.25, 0.3) is 0 Å². The Balaban J connectivity index is 3.14. The van der Waals surface area contributed by atoms with Crippen LogP contribution in [-0.2, 0) is 0 Å². The molecule has 0 aliphatic heterocycles. The van der Waals surface area contributed by atoms with E-state index in [2.05, 4.69) is 0 Å². The van der Waals surface area contributed by atoms with Crippen molar-refractivity contribution in [1.29, 1.82) is 0 Å². The number of hydrogen-bond donors (Lipinski definition) is 0. The van der Waals surface area contributed by atoms with E-state index in [1.54, 1.807) is 7.11 Å². The molecule has 3 heteroatoms. The van der Waals surface area contributed by atoms with Crippen molar-refractivity contribution >= 4 is 5.91 Å². The summed E-state index contributed by atoms with van der Waals surface area (Å²) in [5.41, 5.74) is 2.73. The average Bonchev–Trinajstić information content (AvgIpc) is 2.32. The second-order valence-electron chi connectivity index (χ2n) is 4.11. The van der Waals surface area contributed by atoms with Gasteiger partial charge in [-0.1, -0.05) is 0 Å². The molecule has 0 heterocycles. The summed E-state index contributed by atoms with van der Waals surface area (Å²) >= 11 is 0. The molecule has 1 aromatic carbocycles. The molecule has 0 aliphatic rings. The third-order valence-electron chi connectivity index (χ3n) is 3.02. The fourth-order valence-corrected chi connectivity index (χ4v) is 1.92. The van der Waals surface area contributed by atoms with Gasteiger partial charge >= 0.3 is 0 Å². The maximum absolute atomic E-state index is 12.3. The van der Waals surface area contributed by atoms with E-state index in [-0.39, 0.29) is 5.91 Å². The predicted octanol–water partition coefficient (Wildman–Crippen LogP) is 2.79. The number of benzene rings is 1. The Kier molecular flexibility index (Phi) is 4.55. The third-order valence-corrected chi connectivity index (χ3v) is 3.02. The largest absolute Gasteiger partial charge is 0.496 e. The number of carbonyl (C=O) groups excluding carboxylic acids is 1. The summed E-state index contributed by atoms with van der Waals surface area (Å²) < 4.78 is 5.25. The molecule has 0 fully saturated rings. The number of amides is 1. The van der Waals surface area contributed by atoms with Crippen LogP contribution in [0.1, 0.15) is 35.3 Å². The standard InChI is InChI=1S/C14H21NO2/c1-6-15(7-2)14(16)12-8-11(4)13(17-5)9-10(12)3/h8-9H,6-7H2,1-5H3. The Morgan fingerprint density at radius 3 is 2.24 bits per heavy atom. The van der Waals surface area contributed by atoms with Gasteiger partial charge in [-0.3, -0.25) is 4.79 Å². The Bertz CT molecular complexity index is 409. The van der Waals surface area contributed by atoms with Crippen LogP contribution in [0.2, 0.25) is 0 Å². The monoisotopic (exact) mass is 235 g/mol. The molecule has 1 amide bonds. The second kappa shape index (κ2) is 5.71. The number of hydrogen-bond acceptors (Lipinski definition) is 2. The van der Waals surface area contributed by atoms with E-state index in [1.165, 1.54) is 0 Å². The van der Waals surface area contributed by atoms with Gasteiger partial charge in [-0.05, 0) is 51.0 Å². The first kappa shape index (κ1) is 13.6. The highest BCUT2D eigenvalue weighted by Crippen LogP contribution is 2.23. The van der Waals surface area contributed by atoms with Gasteiger partial charge in [0.15, 0.2) is 0 Å². The quantitative estimate of drug-likeness (QED) is 0.803. The van der Waals surface area contributed by atoms with Gasteiger partial charge in [0.2, 0.25) is 0 Å². The highest BCUT2D eigenvalue weighted by atomic mass is 16.5. The molecule has 0 aliphatic carbocycles. The molecule has 0 spiro atoms. The van der Waals surface area contributed by atoms with Crippen LogP contribution in [0.5, 0.6) is 5.75 Å². The van der Waals surface area contributed by atoms with E-state index in [1.807, 2.05) is 44.7 Å². The van der Waals surface area contributed by atoms with Crippen molar-refractivity contribution < 1.29 is 9.53 Å². The molecule has 0 radical (unpaired) electrons. The van der Waals surface area contributed by atoms with Crippen molar-refractivity contribution in [3.8, 4) is 5.75 Å². The van der Waals surface area contributed by atoms with Crippen LogP contribution >= 0.6 is 0 Å². The smallest absolute Gasteiger partial charge is 0.254 e. The molecule has 1 aromatic rings. The summed E-state index contributed by atoms with van der Waals surface area (Å²) in [7, 11) is 1.65. The van der Waals surface area contributed by atoms with E-state index in [0.717, 1.165) is 35.5 Å². The lowest BCUT2D eigenvalue weighted by Crippen LogP contribution is -2.31. The molecule has 0 unspecified atom stereocenters. The number of aryl methyl sites for hydroxylation is 2. The summed E-state index contributed by atoms with van der Waals surface area (Å²) in [6.45, 7) is 9.36. The van der Waals surface area contributed by atoms with Crippen LogP contribution < -0.4 is 4.74 Å². The first-order valence-corrected chi connectivity index (χ1v) is 5.99. The number of rotatable bonds is 4. The summed E-state index contributed by atoms with van der Waals surface area (Å²) in [6.07, 6.45) is 0. The minimum absolute atomic E-state index is 0.0956. The fraction of sp³-hybridized carbons (Fsp3) is 0.500. The van der Waals surface area contributed by atoms with Crippen LogP contribution in [0, 0.1) is 13.8 Å². The number of ether oxygens (including phenoxy) is 1. The van der Waals surface area contributed by atoms with Crippen LogP contribution in [0.15, 0.2) is 12.1 Å². The van der Waals surface area contributed by atoms with Gasteiger partial charge in [-0.25, -0.2) is 0 Å². The van der Waals surface area contributed by atoms with Gasteiger partial charge in [0.1, 0.15) is 5.75 Å². The van der Waals surface area contributed by atoms with E-state index < -0.39 is 0 Å². The molecule has 0 atom stereocenters. The molecule has 1 rings (SSSR count). The normalized spacial score (nSPS) is 10.2. The number of methoxy groups -OCH3 is 1. The Labute approximate surface area is 103 Å². The van der Waals surface area contributed by atoms with Crippen molar-refractivity contribution in [3.05, 3.63) is 28.8 Å². The van der Waals surface area contributed by atoms with Crippen molar-refractivity contribution in [2.45, 2.75) is 27.7 Å². The maximum Gasteiger partial charge on any atom is 0.254 e. The average molecular weight is 235 g/mol. The minimum Gasteiger partial charge on any atom is -0.496 e. The molecule has 0 bridgehead atoms. The minimum atomic E-state index is 0.0956. The van der Waals surface area contributed by atoms with Crippen molar-refractivity contribution in [1.82, 2.24) is 4.90 Å². The zero-order chi connectivity index (χ0) is 13.0. The first-order valence-electron chi connectivity index (χ1n) is 5.99. The van der Waals surface area contributed by atoms with Crippen molar-refractivity contribution in [3.63, 3.8) is 0 Å². The molecule has 0 saturated heterocycles. The van der Waals surface area contributed by atoms with Gasteiger partial charge in [0.25, 0.3) is 5.91 Å². The topological polar surface area (TPSA) is 29.5 Å². The van der Waals surface area contributed by atoms with E-state index in [9.17, 15) is 4.79 Å². The highest BCUT2D eigenvalue weighted by molar-refractivity contribution is 5.96. The van der Waals surface area contributed by atoms with Gasteiger partial charge in [-0.15, -0.1) is 0 Å². The van der Waals surface area contributed by atoms with Gasteiger partial charge in [0, 0.05) is 18.7 Å². The van der Waals surface area contributed by atoms with Crippen LogP contribution in [-0.4, -0.2) is 31.0 Å². The van der Waals surface area contributed by atoms with Crippen LogP contribution in [0.4, 0.5) is 0 Å². The van der Waals surface area contributed by atoms with E-state index >= 15 is 0 Å². The molecule has 3 nitrogen and oxygen atoms in total. The molecule has 94 valence electrons. The molecule has 0 N–H and O–H groups in total. The molecular weight excluding hydrogens is 214 g/mol. The number of carbonyl (C=O) groups is 1. The summed E-state index contributed by atoms with van der Waals surface area (Å²) in [5.74, 6) is 0.928. The second-order valence-corrected chi connectivity index (χ2v) is 4.11. The molecule has 0 aromatic heterocycles. The SMILES string of the molecule is CCN(CC)C(=O)c1cc(C)c(OC)cc1C. The first-order chi connectivity index (χ1) is 8.04. The van der Waals surface area contributed by atoms with Gasteiger partial charge in [0.05, 0.1) is 7.11 Å². The molecular formula is C14H21NO2. The third kappa shape index (κ3) is 2.78. The van der Waals surface area contributed by atoms with E-state index in [0.29, 0.717) is 0 Å². The van der Waals surface area contributed by atoms with E-state index in [4.69, 9.17) is 4.74 Å². The fourth-order valence-electron chi connectivity index (χ4n) is 1.92. The van der Waals surface area contributed by atoms with Gasteiger partial charge in [-0.2, -0.15) is 0 Å². The van der Waals surface area contributed by atoms with Crippen LogP contribution in [0.3, 0.4) is 0 Å². The van der Waals surface area contributed by atoms with Crippen molar-refractivity contribution in [2.24, 2.45) is 0 Å². The van der Waals surface area contributed by atoms with Gasteiger partial charge < -0.3 is 9.64 Å². The summed E-state index contributed by atoms with van der Waals surface area (Å²) in [6, 6.07) is 3.83. The summed E-state index contributed by atoms with van der Waals surface area (Å²) in [5, 5.41) is 0. The highest BCUT2D eigenvalue weighted by Gasteiger charge is 2.16. The zero-order valence-corrected chi connectivity index (χ0v) is 11.3. The van der Waals surface area contributed by atoms with Crippen molar-refractivity contribution in [2.75, 3.05) is 20.2 Å². The zero-order valence-electron chi connectivity index (χ0n) is 11.3. The Hall–Kier alpha value is -1.51. The molecule has 17 heavy (non-hydrogen) atoms. The Morgan fingerprint density at radius 1 is 1.18 bits per heavy atom. The predicted molar refractivity (Wildman–Crippen MR) is 69.7 cm³/mol. The lowest BCUT2D eigenvalue weighted by Gasteiger charge is -2.20. The Morgan fingerprint density at radius 2 is 1.76 bits per heavy atom. The summed E-state index contributed by atoms with van der Waals surface area (Å²) in [4.78, 5) is 14.1. The number of nitrogens with zero attached hydrogens (tertiary/aromatic N) is 1. The lowest BCUT2D eigenvalue weighted by molar-refractivity contribution is 0.0772. The molecule has 0 saturated carbocycles.